The molecule has 0 unspecified atom stereocenters. The number of hydrogen-bond acceptors (Lipinski definition) is 3. The summed E-state index contributed by atoms with van der Waals surface area (Å²) in [5.41, 5.74) is 0. The van der Waals surface area contributed by atoms with Gasteiger partial charge in [-0.2, -0.15) is 5.26 Å². The van der Waals surface area contributed by atoms with Crippen molar-refractivity contribution < 1.29 is 4.74 Å². The molecule has 0 aromatic rings. The second kappa shape index (κ2) is 6.70. The van der Waals surface area contributed by atoms with Crippen LogP contribution in [0.25, 0.3) is 0 Å². The summed E-state index contributed by atoms with van der Waals surface area (Å²) < 4.78 is 4.76. The molecule has 0 aromatic heterocycles. The molecule has 0 rings (SSSR count). The van der Waals surface area contributed by atoms with Crippen molar-refractivity contribution in [1.29, 1.82) is 5.26 Å². The predicted octanol–water partition coefficient (Wildman–Crippen LogP) is 0.741. The van der Waals surface area contributed by atoms with Crippen LogP contribution in [0.2, 0.25) is 0 Å². The van der Waals surface area contributed by atoms with Crippen LogP contribution in [0, 0.1) is 11.3 Å². The quantitative estimate of drug-likeness (QED) is 0.241. The molecule has 48 valence electrons. The van der Waals surface area contributed by atoms with E-state index in [-0.39, 0.29) is 0 Å². The molecule has 0 saturated heterocycles. The Morgan fingerprint density at radius 1 is 1.78 bits per heavy atom. The van der Waals surface area contributed by atoms with Crippen molar-refractivity contribution in [2.24, 2.45) is 4.99 Å². The number of nitriles is 1. The molecule has 0 amide bonds. The van der Waals surface area contributed by atoms with E-state index in [1.54, 1.807) is 19.3 Å². The highest BCUT2D eigenvalue weighted by Crippen LogP contribution is 1.72. The molecule has 0 aliphatic heterocycles. The lowest BCUT2D eigenvalue weighted by Crippen LogP contribution is -1.86. The fourth-order valence-electron chi connectivity index (χ4n) is 0.252. The molecule has 3 nitrogen and oxygen atoms in total. The summed E-state index contributed by atoms with van der Waals surface area (Å²) in [6.45, 7) is 0.425. The molecular weight excluding hydrogens is 116 g/mol. The zero-order chi connectivity index (χ0) is 6.95. The number of nitrogens with zero attached hydrogens (tertiary/aromatic N) is 2. The number of aliphatic imine (C=N–C) groups is 1. The molecule has 0 bridgehead atoms. The number of ether oxygens (including phenoxy) is 1. The van der Waals surface area contributed by atoms with Crippen LogP contribution < -0.4 is 0 Å². The lowest BCUT2D eigenvalue weighted by Gasteiger charge is -1.88. The minimum absolute atomic E-state index is 0.425. The van der Waals surface area contributed by atoms with E-state index in [0.29, 0.717) is 6.61 Å². The number of allylic oxidation sites excluding steroid dienone is 1. The van der Waals surface area contributed by atoms with E-state index in [9.17, 15) is 0 Å². The Labute approximate surface area is 54.3 Å². The van der Waals surface area contributed by atoms with Crippen LogP contribution in [0.15, 0.2) is 17.3 Å². The van der Waals surface area contributed by atoms with E-state index >= 15 is 0 Å². The van der Waals surface area contributed by atoms with Gasteiger partial charge in [0.1, 0.15) is 6.61 Å². The molecule has 0 saturated carbocycles. The smallest absolute Gasteiger partial charge is 0.122 e. The molecule has 0 N–H and O–H groups in total. The summed E-state index contributed by atoms with van der Waals surface area (Å²) >= 11 is 0. The van der Waals surface area contributed by atoms with Gasteiger partial charge in [0.2, 0.25) is 0 Å². The summed E-state index contributed by atoms with van der Waals surface area (Å²) in [4.78, 5) is 3.67. The lowest BCUT2D eigenvalue weighted by atomic mass is 10.7. The van der Waals surface area contributed by atoms with Crippen LogP contribution in [-0.4, -0.2) is 19.9 Å². The lowest BCUT2D eigenvalue weighted by molar-refractivity contribution is 0.306. The van der Waals surface area contributed by atoms with Crippen molar-refractivity contribution in [3.63, 3.8) is 0 Å². The molecular formula is C6H8N2O. The van der Waals surface area contributed by atoms with E-state index in [2.05, 4.69) is 4.99 Å². The van der Waals surface area contributed by atoms with Gasteiger partial charge in [0.25, 0.3) is 0 Å². The van der Waals surface area contributed by atoms with Crippen LogP contribution in [0.1, 0.15) is 0 Å². The molecule has 0 atom stereocenters. The first-order valence-electron chi connectivity index (χ1n) is 2.48. The minimum atomic E-state index is 0.425. The Kier molecular flexibility index (Phi) is 5.73. The van der Waals surface area contributed by atoms with Gasteiger partial charge < -0.3 is 4.74 Å². The maximum absolute atomic E-state index is 7.97. The fraction of sp³-hybridized carbons (Fsp3) is 0.333. The zero-order valence-corrected chi connectivity index (χ0v) is 5.24. The summed E-state index contributed by atoms with van der Waals surface area (Å²) in [5.74, 6) is 0. The van der Waals surface area contributed by atoms with Gasteiger partial charge in [-0.05, 0) is 0 Å². The van der Waals surface area contributed by atoms with Gasteiger partial charge in [-0.3, -0.25) is 4.99 Å². The van der Waals surface area contributed by atoms with Crippen LogP contribution >= 0.6 is 0 Å². The molecule has 0 fully saturated rings. The molecule has 0 spiro atoms. The first-order valence-corrected chi connectivity index (χ1v) is 2.48. The average Bonchev–Trinajstić information content (AvgIpc) is 1.89. The van der Waals surface area contributed by atoms with Gasteiger partial charge >= 0.3 is 0 Å². The van der Waals surface area contributed by atoms with E-state index in [1.165, 1.54) is 12.3 Å². The minimum Gasteiger partial charge on any atom is -0.495 e. The van der Waals surface area contributed by atoms with E-state index < -0.39 is 0 Å². The van der Waals surface area contributed by atoms with Crippen molar-refractivity contribution in [1.82, 2.24) is 0 Å². The van der Waals surface area contributed by atoms with Crippen molar-refractivity contribution in [2.75, 3.05) is 13.7 Å². The third-order valence-electron chi connectivity index (χ3n) is 0.592. The van der Waals surface area contributed by atoms with Crippen molar-refractivity contribution in [2.45, 2.75) is 0 Å². The van der Waals surface area contributed by atoms with Gasteiger partial charge in [0, 0.05) is 13.3 Å². The third-order valence-corrected chi connectivity index (χ3v) is 0.592. The normalized spacial score (nSPS) is 10.2. The monoisotopic (exact) mass is 124 g/mol. The highest BCUT2D eigenvalue weighted by Gasteiger charge is 1.70. The van der Waals surface area contributed by atoms with E-state index in [4.69, 9.17) is 10.00 Å². The van der Waals surface area contributed by atoms with Gasteiger partial charge in [-0.25, -0.2) is 0 Å². The highest BCUT2D eigenvalue weighted by atomic mass is 16.5. The summed E-state index contributed by atoms with van der Waals surface area (Å²) in [7, 11) is 1.66. The average molecular weight is 124 g/mol. The molecule has 0 heterocycles. The zero-order valence-electron chi connectivity index (χ0n) is 5.24. The third kappa shape index (κ3) is 6.70. The van der Waals surface area contributed by atoms with Gasteiger partial charge in [-0.1, -0.05) is 0 Å². The first kappa shape index (κ1) is 7.70. The number of rotatable bonds is 3. The Bertz CT molecular complexity index is 144. The second-order valence-electron chi connectivity index (χ2n) is 1.21. The number of hydrogen-bond donors (Lipinski definition) is 0. The van der Waals surface area contributed by atoms with Crippen molar-refractivity contribution >= 4 is 6.21 Å². The molecule has 0 aliphatic rings. The van der Waals surface area contributed by atoms with Crippen LogP contribution in [0.5, 0.6) is 0 Å². The Balaban J connectivity index is 3.12. The van der Waals surface area contributed by atoms with Crippen LogP contribution in [-0.2, 0) is 4.74 Å². The van der Waals surface area contributed by atoms with Crippen molar-refractivity contribution in [3.8, 4) is 6.07 Å². The highest BCUT2D eigenvalue weighted by molar-refractivity contribution is 5.58. The Morgan fingerprint density at radius 3 is 3.11 bits per heavy atom. The largest absolute Gasteiger partial charge is 0.495 e. The van der Waals surface area contributed by atoms with E-state index in [1.807, 2.05) is 0 Å². The van der Waals surface area contributed by atoms with Crippen LogP contribution in [0.3, 0.4) is 0 Å². The SMILES string of the molecule is CN=CCOC=CC#N. The van der Waals surface area contributed by atoms with Gasteiger partial charge in [-0.15, -0.1) is 0 Å². The molecule has 0 aliphatic carbocycles. The summed E-state index contributed by atoms with van der Waals surface area (Å²) in [6.07, 6.45) is 4.22. The van der Waals surface area contributed by atoms with Crippen LogP contribution in [0.4, 0.5) is 0 Å². The molecule has 9 heavy (non-hydrogen) atoms. The Morgan fingerprint density at radius 2 is 2.56 bits per heavy atom. The molecule has 3 heteroatoms. The molecule has 0 aromatic carbocycles. The van der Waals surface area contributed by atoms with Crippen molar-refractivity contribution in [3.05, 3.63) is 12.3 Å². The predicted molar refractivity (Wildman–Crippen MR) is 35.1 cm³/mol. The summed E-state index contributed by atoms with van der Waals surface area (Å²) in [6, 6.07) is 1.79. The fourth-order valence-corrected chi connectivity index (χ4v) is 0.252. The Hall–Kier alpha value is -1.30. The maximum Gasteiger partial charge on any atom is 0.122 e. The van der Waals surface area contributed by atoms with Gasteiger partial charge in [0.05, 0.1) is 18.4 Å². The standard InChI is InChI=1S/C6H8N2O/c1-8-4-6-9-5-2-3-7/h2,4-5H,6H2,1H3. The van der Waals surface area contributed by atoms with Gasteiger partial charge in [0.15, 0.2) is 0 Å². The topological polar surface area (TPSA) is 45.4 Å². The maximum atomic E-state index is 7.97. The second-order valence-corrected chi connectivity index (χ2v) is 1.21. The molecule has 0 radical (unpaired) electrons. The summed E-state index contributed by atoms with van der Waals surface area (Å²) in [5, 5.41) is 7.97. The van der Waals surface area contributed by atoms with E-state index in [0.717, 1.165) is 0 Å². The first-order chi connectivity index (χ1) is 4.41.